The number of allylic oxidation sites excluding steroid dienone is 2. The Morgan fingerprint density at radius 2 is 1.32 bits per heavy atom. The molecule has 37 nitrogen and oxygen atoms in total. The van der Waals surface area contributed by atoms with E-state index in [1.165, 1.54) is 52.0 Å². The summed E-state index contributed by atoms with van der Waals surface area (Å²) in [5, 5.41) is 39.8. The normalized spacial score (nSPS) is 21.7. The predicted octanol–water partition coefficient (Wildman–Crippen LogP) is 8.34. The Labute approximate surface area is 777 Å². The topological polar surface area (TPSA) is 476 Å². The maximum atomic E-state index is 15.2. The molecule has 9 amide bonds. The van der Waals surface area contributed by atoms with Gasteiger partial charge in [0.2, 0.25) is 40.9 Å². The molecule has 4 heterocycles. The van der Waals surface area contributed by atoms with Crippen molar-refractivity contribution in [2.75, 3.05) is 170 Å². The molecule has 5 aliphatic rings. The molecule has 8 rings (SSSR count). The van der Waals surface area contributed by atoms with Gasteiger partial charge in [0, 0.05) is 106 Å². The molecule has 1 saturated heterocycles. The molecule has 0 aromatic heterocycles. The number of nitrogens with two attached hydrogens (primary N) is 1. The van der Waals surface area contributed by atoms with Crippen LogP contribution in [0.2, 0.25) is 0 Å². The lowest BCUT2D eigenvalue weighted by atomic mass is 9.73. The minimum absolute atomic E-state index is 0.0300. The third-order valence-corrected chi connectivity index (χ3v) is 24.1. The standard InChI is InChI=1S/C96H138N10O27/c1-57(2)80(103-75(109)31-36-121-40-42-123-44-46-125-48-50-127-52-53-128-51-49-126-47-45-124-43-41-122-38-33-98-74(108)29-34-105-76(110)55-69(93(105)118)95(11,12)13)92(117)102-71(22-19-32-99-94(97)119)91(116)100-67-25-23-66(24-26-67)56-106(15,16)35-39-129-68-27-28-70-73(54-68)132-88-81(101-70)77-78-84(112)64(9)87-79(77)89(114)96(14,133-87)130-37-30-72(120-17)63(8)86(131-65(10)107)62(7)60(5)61(6)83(111)58(3)20-18-21-59(4)90(115)104-82(88)85(78)113/h18,20-21,23-28,30,37,54,57-58,60-63,69,71-72,80,83,86,111H,19,22,29,31-36,38-53,55-56H2,1-17H3,(H8-,97,98,99,100,101,102,103,104,108,109,112,113,114,115,116,117,119)/p+1/b20-18+,37-30+,59-21-/t58-,60+,61-,62+,63+,69?,71-,72-,80-,83-,86-,96-/m0/s1. The fourth-order valence-corrected chi connectivity index (χ4v) is 15.8. The number of Topliss-reactive ketones (excluding diaryl/α,β-unsaturated/α-hetero) is 1. The molecule has 1 aliphatic carbocycles. The number of nitrogens with one attached hydrogen (secondary N) is 6. The van der Waals surface area contributed by atoms with Crippen LogP contribution in [0.15, 0.2) is 87.8 Å². The van der Waals surface area contributed by atoms with E-state index < -0.39 is 101 Å². The van der Waals surface area contributed by atoms with E-state index in [0.29, 0.717) is 121 Å². The van der Waals surface area contributed by atoms with Crippen LogP contribution in [0.4, 0.5) is 16.2 Å². The average molecular weight is 1870 g/mol. The third-order valence-electron chi connectivity index (χ3n) is 24.1. The third kappa shape index (κ3) is 31.5. The van der Waals surface area contributed by atoms with Crippen molar-refractivity contribution in [2.45, 2.75) is 172 Å². The number of fused-ring (bicyclic) bond motifs is 2. The molecule has 734 valence electrons. The van der Waals surface area contributed by atoms with Crippen LogP contribution in [-0.2, 0) is 97.0 Å². The van der Waals surface area contributed by atoms with Crippen LogP contribution in [-0.4, -0.2) is 280 Å². The molecule has 0 radical (unpaired) electrons. The highest BCUT2D eigenvalue weighted by atomic mass is 16.7. The zero-order valence-electron chi connectivity index (χ0n) is 80.0. The second-order valence-corrected chi connectivity index (χ2v) is 36.1. The number of quaternary nitrogens is 1. The first-order chi connectivity index (χ1) is 63.2. The van der Waals surface area contributed by atoms with Crippen molar-refractivity contribution in [1.29, 1.82) is 0 Å². The quantitative estimate of drug-likeness (QED) is 0.00441. The number of aliphatic hydroxyl groups is 1. The number of likely N-dealkylation sites (tertiary alicyclic amines) is 1. The average Bonchev–Trinajstić information content (AvgIpc) is 1.60. The largest absolute Gasteiger partial charge is 0.507 e. The number of ketones is 1. The highest BCUT2D eigenvalue weighted by molar-refractivity contribution is 6.22. The van der Waals surface area contributed by atoms with Crippen molar-refractivity contribution in [2.24, 2.45) is 52.6 Å². The van der Waals surface area contributed by atoms with E-state index in [9.17, 15) is 53.4 Å². The van der Waals surface area contributed by atoms with Crippen molar-refractivity contribution < 1.29 is 129 Å². The number of benzene rings is 4. The molecule has 1 unspecified atom stereocenters. The molecule has 4 bridgehead atoms. The van der Waals surface area contributed by atoms with Crippen molar-refractivity contribution >= 4 is 92.4 Å². The number of phenols is 1. The zero-order chi connectivity index (χ0) is 97.4. The summed E-state index contributed by atoms with van der Waals surface area (Å²) in [4.78, 5) is 153. The van der Waals surface area contributed by atoms with Gasteiger partial charge in [0.25, 0.3) is 11.7 Å². The van der Waals surface area contributed by atoms with Crippen LogP contribution in [0.5, 0.6) is 17.2 Å². The number of hydrogen-bond acceptors (Lipinski definition) is 28. The number of nitrogens with zero attached hydrogens (tertiary/aromatic N) is 3. The number of ether oxygens (including phenoxy) is 13. The zero-order valence-corrected chi connectivity index (χ0v) is 80.0. The van der Waals surface area contributed by atoms with Crippen LogP contribution in [0.25, 0.3) is 33.3 Å². The summed E-state index contributed by atoms with van der Waals surface area (Å²) in [7, 11) is 5.52. The molecular formula is C96H139N10O27+. The fourth-order valence-electron chi connectivity index (χ4n) is 15.8. The molecule has 3 aromatic carbocycles. The maximum absolute atomic E-state index is 15.2. The highest BCUT2D eigenvalue weighted by Gasteiger charge is 2.51. The van der Waals surface area contributed by atoms with E-state index in [1.54, 1.807) is 62.4 Å². The molecule has 3 aromatic rings. The van der Waals surface area contributed by atoms with Crippen LogP contribution in [0.3, 0.4) is 0 Å². The highest BCUT2D eigenvalue weighted by Crippen LogP contribution is 2.51. The molecule has 4 aliphatic heterocycles. The first-order valence-corrected chi connectivity index (χ1v) is 45.6. The summed E-state index contributed by atoms with van der Waals surface area (Å²) in [6, 6.07) is 9.25. The van der Waals surface area contributed by atoms with Gasteiger partial charge in [0.15, 0.2) is 11.3 Å². The Morgan fingerprint density at radius 3 is 1.89 bits per heavy atom. The molecule has 1 fully saturated rings. The summed E-state index contributed by atoms with van der Waals surface area (Å²) >= 11 is 0. The van der Waals surface area contributed by atoms with E-state index in [-0.39, 0.29) is 186 Å². The van der Waals surface area contributed by atoms with Gasteiger partial charge in [-0.05, 0) is 86.1 Å². The van der Waals surface area contributed by atoms with Crippen molar-refractivity contribution in [1.82, 2.24) is 31.2 Å². The number of anilines is 2. The van der Waals surface area contributed by atoms with E-state index in [1.807, 2.05) is 81.6 Å². The molecule has 10 N–H and O–H groups in total. The lowest BCUT2D eigenvalue weighted by Gasteiger charge is -2.39. The van der Waals surface area contributed by atoms with E-state index in [2.05, 4.69) is 31.9 Å². The molecule has 133 heavy (non-hydrogen) atoms. The summed E-state index contributed by atoms with van der Waals surface area (Å²) in [6.45, 7) is 31.5. The van der Waals surface area contributed by atoms with Crippen molar-refractivity contribution in [3.8, 4) is 28.7 Å². The summed E-state index contributed by atoms with van der Waals surface area (Å²) < 4.78 is 82.3. The van der Waals surface area contributed by atoms with Crippen molar-refractivity contribution in [3.63, 3.8) is 0 Å². The number of amides is 9. The monoisotopic (exact) mass is 1860 g/mol. The van der Waals surface area contributed by atoms with Gasteiger partial charge in [-0.3, -0.25) is 52.8 Å². The van der Waals surface area contributed by atoms with Crippen molar-refractivity contribution in [3.05, 3.63) is 106 Å². The number of imide groups is 1. The number of rotatable bonds is 48. The van der Waals surface area contributed by atoms with Gasteiger partial charge >= 0.3 is 17.8 Å². The maximum Gasteiger partial charge on any atom is 0.312 e. The second kappa shape index (κ2) is 51.8. The van der Waals surface area contributed by atoms with Gasteiger partial charge in [-0.2, -0.15) is 0 Å². The van der Waals surface area contributed by atoms with Gasteiger partial charge in [0.1, 0.15) is 72.0 Å². The lowest BCUT2D eigenvalue weighted by molar-refractivity contribution is -0.903. The number of phenolic OH excluding ortho intramolecular Hbond substituents is 1. The van der Waals surface area contributed by atoms with Crippen LogP contribution >= 0.6 is 0 Å². The molecule has 0 spiro atoms. The Bertz CT molecular complexity index is 4890. The number of aromatic hydroxyl groups is 1. The van der Waals surface area contributed by atoms with E-state index in [4.69, 9.17) is 76.7 Å². The van der Waals surface area contributed by atoms with E-state index >= 15 is 9.59 Å². The fraction of sp³-hybridized carbons (Fsp3) is 0.604. The SMILES string of the molecule is CO[C@H]1/C=C/O[C@@]2(C)Oc3c(C)c(O)c4c(=O)c(c5oc6cc(OCC[N+](C)(C)Cc7ccc(NC(=O)[C@H](CCCNC(N)=O)NC(=O)[C@@H](NC(=O)CCOCCOCCOCCOCCOCCOCCOCCOCCNC(=O)CCN8C(=O)CC(C(C)(C)C)C8=O)C(C)C)cc7)ccc6nc-5c4c3C2=O)NC(=O)/C(C)=C\C=C\[C@H](C)[C@H](O)[C@@H](C)[C@@H](C)[C@@H](C)[C@H](OC(C)=O)[C@@H]1C. The molecular weight excluding hydrogens is 1730 g/mol. The Hall–Kier alpha value is -10.6. The number of aliphatic hydroxyl groups excluding tert-OH is 1. The predicted molar refractivity (Wildman–Crippen MR) is 494 cm³/mol. The van der Waals surface area contributed by atoms with E-state index in [0.717, 1.165) is 5.56 Å². The molecule has 12 atom stereocenters. The first kappa shape index (κ1) is 108. The Kier molecular flexibility index (Phi) is 41.9. The summed E-state index contributed by atoms with van der Waals surface area (Å²) in [6.07, 6.45) is 5.98. The minimum Gasteiger partial charge on any atom is -0.507 e. The molecule has 0 saturated carbocycles. The number of carbonyl (C=O) groups excluding carboxylic acids is 10. The Balaban J connectivity index is 0.761. The lowest BCUT2D eigenvalue weighted by Crippen LogP contribution is -2.54. The second-order valence-electron chi connectivity index (χ2n) is 36.1. The van der Waals surface area contributed by atoms with Gasteiger partial charge in [0.05, 0.1) is 155 Å². The van der Waals surface area contributed by atoms with Gasteiger partial charge in [-0.15, -0.1) is 0 Å². The first-order valence-electron chi connectivity index (χ1n) is 45.6. The van der Waals surface area contributed by atoms with Crippen LogP contribution in [0, 0.1) is 53.8 Å². The van der Waals surface area contributed by atoms with Crippen LogP contribution < -0.4 is 52.5 Å². The number of urea groups is 1. The van der Waals surface area contributed by atoms with Crippen LogP contribution in [0.1, 0.15) is 144 Å². The summed E-state index contributed by atoms with van der Waals surface area (Å²) in [5.74, 6) is -9.31. The number of hydrogen-bond donors (Lipinski definition) is 9. The number of aromatic nitrogens is 1. The van der Waals surface area contributed by atoms with Gasteiger partial charge in [-0.1, -0.05) is 99.6 Å². The Morgan fingerprint density at radius 1 is 0.722 bits per heavy atom. The number of carbonyl (C=O) groups is 10. The number of primary amides is 1. The van der Waals surface area contributed by atoms with Gasteiger partial charge in [-0.25, -0.2) is 9.78 Å². The molecule has 37 heteroatoms. The smallest absolute Gasteiger partial charge is 0.312 e. The summed E-state index contributed by atoms with van der Waals surface area (Å²) in [5.41, 5.74) is 5.41. The minimum atomic E-state index is -2.08. The van der Waals surface area contributed by atoms with Gasteiger partial charge < -0.3 is 118 Å². The number of methoxy groups -OCH3 is 1. The number of likely N-dealkylation sites (N-methyl/N-ethyl adjacent to an activating group) is 1. The number of esters is 1.